The molecule has 0 heterocycles. The third kappa shape index (κ3) is 0.878. The highest BCUT2D eigenvalue weighted by Crippen LogP contribution is 2.68. The Morgan fingerprint density at radius 2 is 2.00 bits per heavy atom. The Kier molecular flexibility index (Phi) is 2.15. The molecule has 1 aliphatic rings. The molecule has 0 aromatic rings. The predicted octanol–water partition coefficient (Wildman–Crippen LogP) is 2.03. The first kappa shape index (κ1) is 8.92. The van der Waals surface area contributed by atoms with Gasteiger partial charge >= 0.3 is 0 Å². The molecule has 1 nitrogen and oxygen atoms in total. The minimum absolute atomic E-state index is 0.0101. The molecule has 0 aromatic carbocycles. The van der Waals surface area contributed by atoms with E-state index in [2.05, 4.69) is 0 Å². The fourth-order valence-corrected chi connectivity index (χ4v) is 2.61. The average Bonchev–Trinajstić information content (AvgIpc) is 2.29. The summed E-state index contributed by atoms with van der Waals surface area (Å²) in [6.45, 7) is 1.89. The van der Waals surface area contributed by atoms with E-state index >= 15 is 0 Å². The number of halogens is 3. The fraction of sp³-hybridized carbons (Fsp3) is 1.00. The lowest BCUT2D eigenvalue weighted by Gasteiger charge is -2.04. The van der Waals surface area contributed by atoms with Gasteiger partial charge in [-0.3, -0.25) is 0 Å². The molecule has 1 aliphatic carbocycles. The van der Waals surface area contributed by atoms with Crippen molar-refractivity contribution in [1.29, 1.82) is 0 Å². The molecule has 10 heavy (non-hydrogen) atoms. The van der Waals surface area contributed by atoms with E-state index in [1.165, 1.54) is 0 Å². The summed E-state index contributed by atoms with van der Waals surface area (Å²) in [5.41, 5.74) is -0.299. The van der Waals surface area contributed by atoms with Crippen LogP contribution in [0.1, 0.15) is 6.92 Å². The Morgan fingerprint density at radius 1 is 1.50 bits per heavy atom. The standard InChI is InChI=1S/C6H9Cl3O/c1-5(3-7)4(2-10)6(5,8)9/h4,10H,2-3H2,1H3/t4-,5-/m1/s1. The highest BCUT2D eigenvalue weighted by molar-refractivity contribution is 6.52. The zero-order valence-corrected chi connectivity index (χ0v) is 7.84. The van der Waals surface area contributed by atoms with Crippen molar-refractivity contribution in [1.82, 2.24) is 0 Å². The monoisotopic (exact) mass is 202 g/mol. The van der Waals surface area contributed by atoms with Crippen LogP contribution in [-0.4, -0.2) is 21.9 Å². The number of rotatable bonds is 2. The maximum atomic E-state index is 8.78. The van der Waals surface area contributed by atoms with E-state index in [4.69, 9.17) is 39.9 Å². The van der Waals surface area contributed by atoms with Crippen LogP contribution in [0.4, 0.5) is 0 Å². The van der Waals surface area contributed by atoms with Gasteiger partial charge in [0.25, 0.3) is 0 Å². The Labute approximate surface area is 75.3 Å². The predicted molar refractivity (Wildman–Crippen MR) is 43.8 cm³/mol. The van der Waals surface area contributed by atoms with Crippen molar-refractivity contribution < 1.29 is 5.11 Å². The van der Waals surface area contributed by atoms with E-state index in [0.717, 1.165) is 0 Å². The van der Waals surface area contributed by atoms with E-state index in [1.807, 2.05) is 6.92 Å². The summed E-state index contributed by atoms with van der Waals surface area (Å²) >= 11 is 17.3. The van der Waals surface area contributed by atoms with Crippen molar-refractivity contribution in [3.05, 3.63) is 0 Å². The average molecular weight is 203 g/mol. The number of hydrogen-bond acceptors (Lipinski definition) is 1. The summed E-state index contributed by atoms with van der Waals surface area (Å²) in [6.07, 6.45) is 0. The van der Waals surface area contributed by atoms with Crippen molar-refractivity contribution in [2.75, 3.05) is 12.5 Å². The van der Waals surface area contributed by atoms with Gasteiger partial charge in [-0.2, -0.15) is 0 Å². The third-order valence-corrected chi connectivity index (χ3v) is 4.29. The van der Waals surface area contributed by atoms with Crippen LogP contribution in [0.25, 0.3) is 0 Å². The highest BCUT2D eigenvalue weighted by Gasteiger charge is 2.72. The van der Waals surface area contributed by atoms with E-state index in [1.54, 1.807) is 0 Å². The summed E-state index contributed by atoms with van der Waals surface area (Å²) in [5, 5.41) is 8.78. The van der Waals surface area contributed by atoms with Gasteiger partial charge in [0.05, 0.1) is 0 Å². The molecule has 60 valence electrons. The molecule has 0 aliphatic heterocycles. The quantitative estimate of drug-likeness (QED) is 0.681. The fourth-order valence-electron chi connectivity index (χ4n) is 1.17. The molecule has 4 heteroatoms. The summed E-state index contributed by atoms with van der Waals surface area (Å²) in [4.78, 5) is 0. The maximum Gasteiger partial charge on any atom is 0.130 e. The van der Waals surface area contributed by atoms with Gasteiger partial charge in [0, 0.05) is 23.8 Å². The van der Waals surface area contributed by atoms with Crippen LogP contribution >= 0.6 is 34.8 Å². The SMILES string of the molecule is C[C@@]1(CCl)[C@@H](CO)C1(Cl)Cl. The maximum absolute atomic E-state index is 8.78. The second-order valence-corrected chi connectivity index (χ2v) is 4.56. The minimum Gasteiger partial charge on any atom is -0.396 e. The van der Waals surface area contributed by atoms with Crippen LogP contribution in [0, 0.1) is 11.3 Å². The number of aliphatic hydroxyl groups excluding tert-OH is 1. The topological polar surface area (TPSA) is 20.2 Å². The second kappa shape index (κ2) is 2.41. The lowest BCUT2D eigenvalue weighted by Crippen LogP contribution is -2.05. The van der Waals surface area contributed by atoms with Crippen molar-refractivity contribution in [2.45, 2.75) is 11.3 Å². The third-order valence-electron chi connectivity index (χ3n) is 2.35. The Hall–Kier alpha value is 0.830. The number of hydrogen-bond donors (Lipinski definition) is 1. The van der Waals surface area contributed by atoms with Gasteiger partial charge in [-0.05, 0) is 0 Å². The normalized spacial score (nSPS) is 43.5. The van der Waals surface area contributed by atoms with Gasteiger partial charge in [-0.15, -0.1) is 34.8 Å². The molecule has 0 unspecified atom stereocenters. The van der Waals surface area contributed by atoms with Gasteiger partial charge in [0.15, 0.2) is 0 Å². The van der Waals surface area contributed by atoms with Gasteiger partial charge in [0.2, 0.25) is 0 Å². The number of alkyl halides is 3. The first-order valence-corrected chi connectivity index (χ1v) is 4.34. The van der Waals surface area contributed by atoms with Gasteiger partial charge in [-0.1, -0.05) is 6.92 Å². The van der Waals surface area contributed by atoms with Crippen LogP contribution in [0.15, 0.2) is 0 Å². The van der Waals surface area contributed by atoms with E-state index in [-0.39, 0.29) is 17.9 Å². The van der Waals surface area contributed by atoms with Crippen LogP contribution in [0.3, 0.4) is 0 Å². The molecule has 1 saturated carbocycles. The molecule has 2 atom stereocenters. The Balaban J connectivity index is 2.68. The van der Waals surface area contributed by atoms with E-state index < -0.39 is 4.33 Å². The van der Waals surface area contributed by atoms with Gasteiger partial charge in [0.1, 0.15) is 4.33 Å². The van der Waals surface area contributed by atoms with Crippen molar-refractivity contribution in [3.63, 3.8) is 0 Å². The molecule has 1 rings (SSSR count). The molecule has 0 amide bonds. The Morgan fingerprint density at radius 3 is 2.10 bits per heavy atom. The second-order valence-electron chi connectivity index (χ2n) is 2.91. The molecule has 1 N–H and O–H groups in total. The zero-order valence-electron chi connectivity index (χ0n) is 5.57. The van der Waals surface area contributed by atoms with Gasteiger partial charge in [-0.25, -0.2) is 0 Å². The molecular weight excluding hydrogens is 194 g/mol. The molecule has 0 spiro atoms. The minimum atomic E-state index is -0.816. The summed E-state index contributed by atoms with van der Waals surface area (Å²) < 4.78 is -0.816. The molecule has 0 saturated heterocycles. The summed E-state index contributed by atoms with van der Waals surface area (Å²) in [5.74, 6) is 0.325. The van der Waals surface area contributed by atoms with Gasteiger partial charge < -0.3 is 5.11 Å². The van der Waals surface area contributed by atoms with E-state index in [9.17, 15) is 0 Å². The van der Waals surface area contributed by atoms with Crippen molar-refractivity contribution >= 4 is 34.8 Å². The largest absolute Gasteiger partial charge is 0.396 e. The smallest absolute Gasteiger partial charge is 0.130 e. The van der Waals surface area contributed by atoms with Crippen LogP contribution in [0.2, 0.25) is 0 Å². The Bertz CT molecular complexity index is 148. The van der Waals surface area contributed by atoms with Crippen LogP contribution < -0.4 is 0 Å². The van der Waals surface area contributed by atoms with Crippen LogP contribution in [0.5, 0.6) is 0 Å². The van der Waals surface area contributed by atoms with Crippen LogP contribution in [-0.2, 0) is 0 Å². The summed E-state index contributed by atoms with van der Waals surface area (Å²) in [7, 11) is 0. The molecule has 0 bridgehead atoms. The first-order chi connectivity index (χ1) is 4.50. The lowest BCUT2D eigenvalue weighted by atomic mass is 10.1. The number of aliphatic hydroxyl groups is 1. The molecule has 0 radical (unpaired) electrons. The molecular formula is C6H9Cl3O. The highest BCUT2D eigenvalue weighted by atomic mass is 35.5. The van der Waals surface area contributed by atoms with Crippen molar-refractivity contribution in [2.24, 2.45) is 11.3 Å². The molecule has 0 aromatic heterocycles. The molecule has 1 fully saturated rings. The van der Waals surface area contributed by atoms with E-state index in [0.29, 0.717) is 5.88 Å². The summed E-state index contributed by atoms with van der Waals surface area (Å²) in [6, 6.07) is 0. The first-order valence-electron chi connectivity index (χ1n) is 3.05. The lowest BCUT2D eigenvalue weighted by molar-refractivity contribution is 0.258. The zero-order chi connectivity index (χ0) is 7.99. The van der Waals surface area contributed by atoms with Crippen molar-refractivity contribution in [3.8, 4) is 0 Å².